The fraction of sp³-hybridized carbons (Fsp3) is 0.211. The number of fused-ring (bicyclic) bond motifs is 1. The molecule has 3 rings (SSSR count). The Bertz CT molecular complexity index is 871. The van der Waals surface area contributed by atoms with Crippen LogP contribution in [0.4, 0.5) is 0 Å². The summed E-state index contributed by atoms with van der Waals surface area (Å²) in [6, 6.07) is 15.1. The maximum Gasteiger partial charge on any atom is 0.287 e. The summed E-state index contributed by atoms with van der Waals surface area (Å²) in [5, 5.41) is 4.36. The number of carbonyl (C=O) groups is 1. The summed E-state index contributed by atoms with van der Waals surface area (Å²) in [7, 11) is 4.05. The van der Waals surface area contributed by atoms with Gasteiger partial charge in [-0.3, -0.25) is 4.79 Å². The topological polar surface area (TPSA) is 45.5 Å². The van der Waals surface area contributed by atoms with Crippen molar-refractivity contribution in [2.75, 3.05) is 14.1 Å². The molecular weight excluding hydrogens is 324 g/mol. The van der Waals surface area contributed by atoms with Gasteiger partial charge in [0.05, 0.1) is 0 Å². The van der Waals surface area contributed by atoms with Crippen molar-refractivity contribution in [1.82, 2.24) is 10.2 Å². The van der Waals surface area contributed by atoms with Gasteiger partial charge in [0.1, 0.15) is 5.58 Å². The monoisotopic (exact) mass is 342 g/mol. The van der Waals surface area contributed by atoms with E-state index in [0.29, 0.717) is 17.2 Å². The molecule has 0 saturated carbocycles. The van der Waals surface area contributed by atoms with E-state index in [-0.39, 0.29) is 11.7 Å². The Kier molecular flexibility index (Phi) is 4.88. The lowest BCUT2D eigenvalue weighted by Crippen LogP contribution is -2.23. The molecule has 0 spiro atoms. The van der Waals surface area contributed by atoms with Gasteiger partial charge in [-0.25, -0.2) is 0 Å². The smallest absolute Gasteiger partial charge is 0.287 e. The lowest BCUT2D eigenvalue weighted by molar-refractivity contribution is 0.0925. The average Bonchev–Trinajstić information content (AvgIpc) is 2.96. The second-order valence-electron chi connectivity index (χ2n) is 5.98. The van der Waals surface area contributed by atoms with Crippen LogP contribution < -0.4 is 5.32 Å². The van der Waals surface area contributed by atoms with Gasteiger partial charge in [0.2, 0.25) is 0 Å². The van der Waals surface area contributed by atoms with Crippen molar-refractivity contribution in [3.05, 3.63) is 70.4 Å². The Morgan fingerprint density at radius 3 is 2.62 bits per heavy atom. The number of benzene rings is 2. The van der Waals surface area contributed by atoms with Crippen LogP contribution in [0, 0.1) is 0 Å². The largest absolute Gasteiger partial charge is 0.451 e. The molecule has 0 saturated heterocycles. The SMILES string of the molecule is CN(C)Cc1ccccc1CNC(=O)c1cc2cc(Cl)ccc2o1. The molecule has 0 radical (unpaired) electrons. The molecule has 1 aromatic heterocycles. The third kappa shape index (κ3) is 3.78. The standard InChI is InChI=1S/C19H19ClN2O2/c1-22(2)12-14-6-4-3-5-13(14)11-21-19(23)18-10-15-9-16(20)7-8-17(15)24-18/h3-10H,11-12H2,1-2H3,(H,21,23). The highest BCUT2D eigenvalue weighted by Crippen LogP contribution is 2.23. The maximum absolute atomic E-state index is 12.4. The predicted molar refractivity (Wildman–Crippen MR) is 96.2 cm³/mol. The Morgan fingerprint density at radius 2 is 1.88 bits per heavy atom. The van der Waals surface area contributed by atoms with E-state index >= 15 is 0 Å². The zero-order chi connectivity index (χ0) is 17.1. The molecule has 1 heterocycles. The first-order chi connectivity index (χ1) is 11.5. The number of furan rings is 1. The molecule has 2 aromatic carbocycles. The molecular formula is C19H19ClN2O2. The molecule has 4 nitrogen and oxygen atoms in total. The van der Waals surface area contributed by atoms with Gasteiger partial charge < -0.3 is 14.6 Å². The van der Waals surface area contributed by atoms with Gasteiger partial charge in [-0.2, -0.15) is 0 Å². The molecule has 1 N–H and O–H groups in total. The van der Waals surface area contributed by atoms with Gasteiger partial charge in [0, 0.05) is 23.5 Å². The van der Waals surface area contributed by atoms with E-state index in [9.17, 15) is 4.79 Å². The van der Waals surface area contributed by atoms with E-state index in [0.717, 1.165) is 17.5 Å². The lowest BCUT2D eigenvalue weighted by Gasteiger charge is -2.14. The van der Waals surface area contributed by atoms with Crippen LogP contribution in [0.25, 0.3) is 11.0 Å². The summed E-state index contributed by atoms with van der Waals surface area (Å²) in [5.74, 6) is 0.0549. The molecule has 0 unspecified atom stereocenters. The van der Waals surface area contributed by atoms with Crippen LogP contribution in [0.2, 0.25) is 5.02 Å². The molecule has 124 valence electrons. The van der Waals surface area contributed by atoms with Crippen molar-refractivity contribution in [3.8, 4) is 0 Å². The molecule has 0 aliphatic carbocycles. The number of amides is 1. The van der Waals surface area contributed by atoms with E-state index in [1.165, 1.54) is 5.56 Å². The van der Waals surface area contributed by atoms with Crippen molar-refractivity contribution in [3.63, 3.8) is 0 Å². The van der Waals surface area contributed by atoms with E-state index in [4.69, 9.17) is 16.0 Å². The molecule has 3 aromatic rings. The zero-order valence-corrected chi connectivity index (χ0v) is 14.4. The normalized spacial score (nSPS) is 11.2. The Balaban J connectivity index is 1.73. The molecule has 24 heavy (non-hydrogen) atoms. The van der Waals surface area contributed by atoms with Crippen molar-refractivity contribution in [2.45, 2.75) is 13.1 Å². The first-order valence-corrected chi connectivity index (χ1v) is 8.09. The second-order valence-corrected chi connectivity index (χ2v) is 6.42. The van der Waals surface area contributed by atoms with Crippen LogP contribution in [-0.2, 0) is 13.1 Å². The fourth-order valence-electron chi connectivity index (χ4n) is 2.61. The number of halogens is 1. The predicted octanol–water partition coefficient (Wildman–Crippen LogP) is 4.08. The molecule has 1 amide bonds. The summed E-state index contributed by atoms with van der Waals surface area (Å²) in [4.78, 5) is 14.5. The van der Waals surface area contributed by atoms with E-state index < -0.39 is 0 Å². The van der Waals surface area contributed by atoms with Gasteiger partial charge in [-0.1, -0.05) is 35.9 Å². The van der Waals surface area contributed by atoms with Gasteiger partial charge in [-0.05, 0) is 49.5 Å². The molecule has 0 aliphatic rings. The Hall–Kier alpha value is -2.30. The molecule has 0 bridgehead atoms. The van der Waals surface area contributed by atoms with E-state index in [2.05, 4.69) is 16.3 Å². The van der Waals surface area contributed by atoms with Crippen LogP contribution in [0.1, 0.15) is 21.7 Å². The van der Waals surface area contributed by atoms with Gasteiger partial charge in [0.15, 0.2) is 5.76 Å². The molecule has 0 aliphatic heterocycles. The highest BCUT2D eigenvalue weighted by atomic mass is 35.5. The average molecular weight is 343 g/mol. The van der Waals surface area contributed by atoms with Crippen LogP contribution in [0.5, 0.6) is 0 Å². The number of nitrogens with one attached hydrogen (secondary N) is 1. The van der Waals surface area contributed by atoms with E-state index in [1.807, 2.05) is 32.3 Å². The number of nitrogens with zero attached hydrogens (tertiary/aromatic N) is 1. The van der Waals surface area contributed by atoms with Crippen molar-refractivity contribution < 1.29 is 9.21 Å². The van der Waals surface area contributed by atoms with Gasteiger partial charge in [0.25, 0.3) is 5.91 Å². The summed E-state index contributed by atoms with van der Waals surface area (Å²) >= 11 is 5.96. The number of hydrogen-bond acceptors (Lipinski definition) is 3. The Labute approximate surface area is 146 Å². The third-order valence-electron chi connectivity index (χ3n) is 3.75. The van der Waals surface area contributed by atoms with Crippen LogP contribution in [0.3, 0.4) is 0 Å². The summed E-state index contributed by atoms with van der Waals surface area (Å²) in [6.07, 6.45) is 0. The highest BCUT2D eigenvalue weighted by Gasteiger charge is 2.13. The first-order valence-electron chi connectivity index (χ1n) is 7.72. The fourth-order valence-corrected chi connectivity index (χ4v) is 2.79. The molecule has 0 fully saturated rings. The maximum atomic E-state index is 12.4. The van der Waals surface area contributed by atoms with Crippen LogP contribution >= 0.6 is 11.6 Å². The summed E-state index contributed by atoms with van der Waals surface area (Å²) in [6.45, 7) is 1.29. The minimum Gasteiger partial charge on any atom is -0.451 e. The Morgan fingerprint density at radius 1 is 1.12 bits per heavy atom. The van der Waals surface area contributed by atoms with Crippen molar-refractivity contribution in [1.29, 1.82) is 0 Å². The minimum absolute atomic E-state index is 0.234. The minimum atomic E-state index is -0.234. The van der Waals surface area contributed by atoms with Crippen LogP contribution in [-0.4, -0.2) is 24.9 Å². The molecule has 5 heteroatoms. The zero-order valence-electron chi connectivity index (χ0n) is 13.7. The lowest BCUT2D eigenvalue weighted by atomic mass is 10.1. The highest BCUT2D eigenvalue weighted by molar-refractivity contribution is 6.31. The van der Waals surface area contributed by atoms with Gasteiger partial charge >= 0.3 is 0 Å². The number of hydrogen-bond donors (Lipinski definition) is 1. The first kappa shape index (κ1) is 16.6. The van der Waals surface area contributed by atoms with Crippen molar-refractivity contribution >= 4 is 28.5 Å². The number of carbonyl (C=O) groups excluding carboxylic acids is 1. The van der Waals surface area contributed by atoms with E-state index in [1.54, 1.807) is 24.3 Å². The third-order valence-corrected chi connectivity index (χ3v) is 3.98. The van der Waals surface area contributed by atoms with Gasteiger partial charge in [-0.15, -0.1) is 0 Å². The second kappa shape index (κ2) is 7.07. The molecule has 0 atom stereocenters. The van der Waals surface area contributed by atoms with Crippen LogP contribution in [0.15, 0.2) is 52.9 Å². The van der Waals surface area contributed by atoms with Crippen molar-refractivity contribution in [2.24, 2.45) is 0 Å². The summed E-state index contributed by atoms with van der Waals surface area (Å²) in [5.41, 5.74) is 2.94. The number of rotatable bonds is 5. The summed E-state index contributed by atoms with van der Waals surface area (Å²) < 4.78 is 5.59. The quantitative estimate of drug-likeness (QED) is 0.760.